The van der Waals surface area contributed by atoms with Crippen LogP contribution in [0.3, 0.4) is 0 Å². The van der Waals surface area contributed by atoms with Crippen molar-refractivity contribution in [2.45, 2.75) is 12.5 Å². The molecule has 0 aliphatic carbocycles. The van der Waals surface area contributed by atoms with E-state index in [4.69, 9.17) is 16.9 Å². The number of primary amides is 1. The first-order valence-electron chi connectivity index (χ1n) is 6.53. The van der Waals surface area contributed by atoms with Gasteiger partial charge in [-0.3, -0.25) is 10.1 Å². The number of aromatic nitrogens is 2. The lowest BCUT2D eigenvalue weighted by atomic mass is 9.94. The molecule has 1 atom stereocenters. The number of nitrogens with zero attached hydrogens (tertiary/aromatic N) is 3. The minimum atomic E-state index is -0.689. The van der Waals surface area contributed by atoms with Gasteiger partial charge in [0.2, 0.25) is 0 Å². The Morgan fingerprint density at radius 1 is 1.43 bits per heavy atom. The van der Waals surface area contributed by atoms with Gasteiger partial charge in [-0.2, -0.15) is 5.10 Å². The monoisotopic (exact) mass is 284 g/mol. The van der Waals surface area contributed by atoms with E-state index in [2.05, 4.69) is 5.10 Å². The molecule has 2 aromatic rings. The van der Waals surface area contributed by atoms with Gasteiger partial charge >= 0.3 is 6.03 Å². The number of carbonyl (C=O) groups is 1. The molecule has 5 N–H and O–H groups in total. The number of urea groups is 1. The molecule has 1 unspecified atom stereocenters. The summed E-state index contributed by atoms with van der Waals surface area (Å²) in [5.74, 6) is 0.0316. The lowest BCUT2D eigenvalue weighted by molar-refractivity contribution is 0.256. The van der Waals surface area contributed by atoms with Gasteiger partial charge in [0, 0.05) is 18.8 Å². The van der Waals surface area contributed by atoms with Gasteiger partial charge in [-0.15, -0.1) is 0 Å². The number of anilines is 1. The molecule has 1 aromatic heterocycles. The Kier molecular flexibility index (Phi) is 2.99. The summed E-state index contributed by atoms with van der Waals surface area (Å²) in [7, 11) is 1.86. The second kappa shape index (κ2) is 4.71. The van der Waals surface area contributed by atoms with Crippen LogP contribution in [0.5, 0.6) is 0 Å². The van der Waals surface area contributed by atoms with Crippen LogP contribution in [-0.2, 0) is 13.5 Å². The van der Waals surface area contributed by atoms with E-state index in [1.54, 1.807) is 16.9 Å². The van der Waals surface area contributed by atoms with E-state index in [0.29, 0.717) is 12.1 Å². The van der Waals surface area contributed by atoms with Gasteiger partial charge in [-0.05, 0) is 29.7 Å². The molecule has 7 nitrogen and oxygen atoms in total. The van der Waals surface area contributed by atoms with Crippen LogP contribution in [0.1, 0.15) is 5.56 Å². The zero-order chi connectivity index (χ0) is 15.1. The molecule has 7 heteroatoms. The van der Waals surface area contributed by atoms with Gasteiger partial charge in [0.1, 0.15) is 5.84 Å². The third-order valence-corrected chi connectivity index (χ3v) is 3.61. The second-order valence-corrected chi connectivity index (χ2v) is 5.12. The molecule has 1 aliphatic heterocycles. The van der Waals surface area contributed by atoms with Crippen LogP contribution >= 0.6 is 0 Å². The zero-order valence-corrected chi connectivity index (χ0v) is 11.6. The van der Waals surface area contributed by atoms with Gasteiger partial charge in [0.15, 0.2) is 0 Å². The predicted octanol–water partition coefficient (Wildman–Crippen LogP) is 0.833. The average molecular weight is 284 g/mol. The highest BCUT2D eigenvalue weighted by Crippen LogP contribution is 2.31. The van der Waals surface area contributed by atoms with E-state index in [1.165, 1.54) is 0 Å². The lowest BCUT2D eigenvalue weighted by Crippen LogP contribution is -2.52. The standard InChI is InChI=1S/C14H16N6O/c1-19-7-10(6-18-19)8-2-3-12-9(4-8)5-11(15)13(16)20(12)14(17)21/h2-4,6-7,11,16H,5,15H2,1H3,(H2,17,21). The highest BCUT2D eigenvalue weighted by Gasteiger charge is 2.30. The zero-order valence-electron chi connectivity index (χ0n) is 11.6. The molecule has 0 saturated carbocycles. The van der Waals surface area contributed by atoms with Gasteiger partial charge < -0.3 is 11.5 Å². The summed E-state index contributed by atoms with van der Waals surface area (Å²) < 4.78 is 1.73. The molecule has 0 saturated heterocycles. The van der Waals surface area contributed by atoms with E-state index in [0.717, 1.165) is 21.6 Å². The van der Waals surface area contributed by atoms with Crippen LogP contribution in [-0.4, -0.2) is 27.7 Å². The Morgan fingerprint density at radius 2 is 2.19 bits per heavy atom. The van der Waals surface area contributed by atoms with Gasteiger partial charge in [0.05, 0.1) is 17.9 Å². The van der Waals surface area contributed by atoms with Crippen molar-refractivity contribution in [3.8, 4) is 11.1 Å². The molecule has 3 rings (SSSR count). The number of amides is 2. The molecular weight excluding hydrogens is 268 g/mol. The summed E-state index contributed by atoms with van der Waals surface area (Å²) in [6.07, 6.45) is 4.20. The van der Waals surface area contributed by atoms with Gasteiger partial charge in [-0.25, -0.2) is 9.69 Å². The Balaban J connectivity index is 2.08. The van der Waals surface area contributed by atoms with E-state index < -0.39 is 12.1 Å². The van der Waals surface area contributed by atoms with Crippen molar-refractivity contribution in [2.75, 3.05) is 4.90 Å². The number of carbonyl (C=O) groups excluding carboxylic acids is 1. The third kappa shape index (κ3) is 2.17. The van der Waals surface area contributed by atoms with Crippen LogP contribution in [0.4, 0.5) is 10.5 Å². The summed E-state index contributed by atoms with van der Waals surface area (Å²) in [5, 5.41) is 12.1. The van der Waals surface area contributed by atoms with Crippen molar-refractivity contribution >= 4 is 17.6 Å². The number of nitrogens with one attached hydrogen (secondary N) is 1. The molecule has 0 fully saturated rings. The normalized spacial score (nSPS) is 17.7. The second-order valence-electron chi connectivity index (χ2n) is 5.12. The molecule has 1 aromatic carbocycles. The number of rotatable bonds is 1. The maximum Gasteiger partial charge on any atom is 0.324 e. The van der Waals surface area contributed by atoms with Crippen LogP contribution < -0.4 is 16.4 Å². The number of nitrogens with two attached hydrogens (primary N) is 2. The Labute approximate surface area is 121 Å². The van der Waals surface area contributed by atoms with Gasteiger partial charge in [0.25, 0.3) is 0 Å². The number of hydrogen-bond acceptors (Lipinski definition) is 4. The van der Waals surface area contributed by atoms with Crippen LogP contribution in [0, 0.1) is 5.41 Å². The molecule has 0 spiro atoms. The predicted molar refractivity (Wildman–Crippen MR) is 80.1 cm³/mol. The smallest absolute Gasteiger partial charge is 0.324 e. The quantitative estimate of drug-likeness (QED) is 0.720. The Morgan fingerprint density at radius 3 is 2.81 bits per heavy atom. The van der Waals surface area contributed by atoms with Crippen molar-refractivity contribution in [1.29, 1.82) is 5.41 Å². The fraction of sp³-hybridized carbons (Fsp3) is 0.214. The minimum Gasteiger partial charge on any atom is -0.351 e. The fourth-order valence-electron chi connectivity index (χ4n) is 2.58. The summed E-state index contributed by atoms with van der Waals surface area (Å²) in [4.78, 5) is 12.7. The first kappa shape index (κ1) is 13.3. The summed E-state index contributed by atoms with van der Waals surface area (Å²) in [5.41, 5.74) is 14.8. The molecule has 0 radical (unpaired) electrons. The summed E-state index contributed by atoms with van der Waals surface area (Å²) in [6.45, 7) is 0. The molecule has 1 aliphatic rings. The maximum absolute atomic E-state index is 11.6. The lowest BCUT2D eigenvalue weighted by Gasteiger charge is -2.32. The van der Waals surface area contributed by atoms with Crippen molar-refractivity contribution in [2.24, 2.45) is 18.5 Å². The van der Waals surface area contributed by atoms with E-state index >= 15 is 0 Å². The van der Waals surface area contributed by atoms with E-state index in [1.807, 2.05) is 25.4 Å². The van der Waals surface area contributed by atoms with Crippen molar-refractivity contribution in [1.82, 2.24) is 9.78 Å². The molecular formula is C14H16N6O. The first-order valence-corrected chi connectivity index (χ1v) is 6.53. The first-order chi connectivity index (χ1) is 9.97. The van der Waals surface area contributed by atoms with Crippen LogP contribution in [0.25, 0.3) is 11.1 Å². The SMILES string of the molecule is Cn1cc(-c2ccc3c(c2)CC(N)C(=N)N3C(N)=O)cn1. The molecule has 21 heavy (non-hydrogen) atoms. The van der Waals surface area contributed by atoms with Crippen LogP contribution in [0.15, 0.2) is 30.6 Å². The highest BCUT2D eigenvalue weighted by molar-refractivity contribution is 6.18. The number of aryl methyl sites for hydroxylation is 1. The van der Waals surface area contributed by atoms with Crippen molar-refractivity contribution in [3.63, 3.8) is 0 Å². The molecule has 2 amide bonds. The number of benzene rings is 1. The summed E-state index contributed by atoms with van der Waals surface area (Å²) >= 11 is 0. The maximum atomic E-state index is 11.6. The Bertz CT molecular complexity index is 735. The van der Waals surface area contributed by atoms with Crippen molar-refractivity contribution < 1.29 is 4.79 Å². The van der Waals surface area contributed by atoms with Crippen LogP contribution in [0.2, 0.25) is 0 Å². The third-order valence-electron chi connectivity index (χ3n) is 3.61. The number of hydrogen-bond donors (Lipinski definition) is 3. The van der Waals surface area contributed by atoms with E-state index in [-0.39, 0.29) is 5.84 Å². The minimum absolute atomic E-state index is 0.0316. The van der Waals surface area contributed by atoms with E-state index in [9.17, 15) is 4.79 Å². The largest absolute Gasteiger partial charge is 0.351 e. The molecule has 0 bridgehead atoms. The average Bonchev–Trinajstić information content (AvgIpc) is 2.86. The molecule has 2 heterocycles. The highest BCUT2D eigenvalue weighted by atomic mass is 16.2. The van der Waals surface area contributed by atoms with Gasteiger partial charge in [-0.1, -0.05) is 6.07 Å². The fourth-order valence-corrected chi connectivity index (χ4v) is 2.58. The number of amidine groups is 1. The number of fused-ring (bicyclic) bond motifs is 1. The Hall–Kier alpha value is -2.67. The topological polar surface area (TPSA) is 114 Å². The van der Waals surface area contributed by atoms with Crippen molar-refractivity contribution in [3.05, 3.63) is 36.2 Å². The molecule has 108 valence electrons. The summed E-state index contributed by atoms with van der Waals surface area (Å²) in [6, 6.07) is 4.42.